The lowest BCUT2D eigenvalue weighted by atomic mass is 10.3. The molecular formula is C11H15NO2. The van der Waals surface area contributed by atoms with Gasteiger partial charge in [-0.25, -0.2) is 0 Å². The van der Waals surface area contributed by atoms with Crippen molar-refractivity contribution >= 4 is 11.6 Å². The molecule has 0 aromatic heterocycles. The smallest absolute Gasteiger partial charge is 0.223 e. The standard InChI is InChI=1S/C11H15NO2/c1-10(13)12(8-9-14-2)11-6-4-3-5-7-11/h3-7H,8-9H2,1-2H3. The Morgan fingerprint density at radius 3 is 2.50 bits per heavy atom. The van der Waals surface area contributed by atoms with E-state index in [1.54, 1.807) is 18.9 Å². The number of benzene rings is 1. The zero-order valence-electron chi connectivity index (χ0n) is 8.56. The predicted molar refractivity (Wildman–Crippen MR) is 56.3 cm³/mol. The fraction of sp³-hybridized carbons (Fsp3) is 0.364. The van der Waals surface area contributed by atoms with E-state index >= 15 is 0 Å². The minimum Gasteiger partial charge on any atom is -0.383 e. The summed E-state index contributed by atoms with van der Waals surface area (Å²) in [4.78, 5) is 13.0. The molecule has 0 fully saturated rings. The van der Waals surface area contributed by atoms with Crippen molar-refractivity contribution < 1.29 is 9.53 Å². The van der Waals surface area contributed by atoms with Crippen LogP contribution in [0.5, 0.6) is 0 Å². The Kier molecular flexibility index (Phi) is 4.13. The second kappa shape index (κ2) is 5.40. The van der Waals surface area contributed by atoms with E-state index in [1.807, 2.05) is 30.3 Å². The Labute approximate surface area is 84.3 Å². The second-order valence-corrected chi connectivity index (χ2v) is 3.00. The van der Waals surface area contributed by atoms with Crippen LogP contribution in [0.15, 0.2) is 30.3 Å². The van der Waals surface area contributed by atoms with Gasteiger partial charge in [0.1, 0.15) is 0 Å². The lowest BCUT2D eigenvalue weighted by Gasteiger charge is -2.20. The van der Waals surface area contributed by atoms with Crippen LogP contribution in [0.25, 0.3) is 0 Å². The van der Waals surface area contributed by atoms with Gasteiger partial charge in [0.05, 0.1) is 6.61 Å². The van der Waals surface area contributed by atoms with Gasteiger partial charge in [-0.05, 0) is 12.1 Å². The van der Waals surface area contributed by atoms with Gasteiger partial charge in [-0.3, -0.25) is 4.79 Å². The summed E-state index contributed by atoms with van der Waals surface area (Å²) in [6.45, 7) is 2.70. The van der Waals surface area contributed by atoms with Crippen molar-refractivity contribution in [3.05, 3.63) is 30.3 Å². The third kappa shape index (κ3) is 2.85. The van der Waals surface area contributed by atoms with Crippen molar-refractivity contribution in [2.75, 3.05) is 25.2 Å². The SMILES string of the molecule is COCCN(C(C)=O)c1ccccc1. The zero-order valence-corrected chi connectivity index (χ0v) is 8.56. The van der Waals surface area contributed by atoms with Crippen molar-refractivity contribution in [2.24, 2.45) is 0 Å². The predicted octanol–water partition coefficient (Wildman–Crippen LogP) is 1.69. The third-order valence-corrected chi connectivity index (χ3v) is 1.97. The van der Waals surface area contributed by atoms with Crippen LogP contribution < -0.4 is 4.90 Å². The molecule has 0 aliphatic heterocycles. The van der Waals surface area contributed by atoms with Gasteiger partial charge in [-0.1, -0.05) is 18.2 Å². The van der Waals surface area contributed by atoms with Crippen LogP contribution in [0.3, 0.4) is 0 Å². The number of para-hydroxylation sites is 1. The maximum atomic E-state index is 11.3. The average molecular weight is 193 g/mol. The molecule has 0 unspecified atom stereocenters. The summed E-state index contributed by atoms with van der Waals surface area (Å²) in [5, 5.41) is 0. The molecule has 3 heteroatoms. The van der Waals surface area contributed by atoms with Crippen molar-refractivity contribution in [3.8, 4) is 0 Å². The van der Waals surface area contributed by atoms with Gasteiger partial charge >= 0.3 is 0 Å². The van der Waals surface area contributed by atoms with Gasteiger partial charge in [-0.15, -0.1) is 0 Å². The Balaban J connectivity index is 2.73. The first-order chi connectivity index (χ1) is 6.75. The lowest BCUT2D eigenvalue weighted by Crippen LogP contribution is -2.31. The highest BCUT2D eigenvalue weighted by Gasteiger charge is 2.09. The Bertz CT molecular complexity index is 285. The van der Waals surface area contributed by atoms with Crippen LogP contribution in [-0.4, -0.2) is 26.2 Å². The normalized spacial score (nSPS) is 9.86. The van der Waals surface area contributed by atoms with Gasteiger partial charge in [0, 0.05) is 26.3 Å². The Morgan fingerprint density at radius 1 is 1.36 bits per heavy atom. The van der Waals surface area contributed by atoms with Crippen molar-refractivity contribution in [1.82, 2.24) is 0 Å². The van der Waals surface area contributed by atoms with Crippen molar-refractivity contribution in [3.63, 3.8) is 0 Å². The molecule has 14 heavy (non-hydrogen) atoms. The van der Waals surface area contributed by atoms with Gasteiger partial charge in [-0.2, -0.15) is 0 Å². The molecule has 0 saturated heterocycles. The highest BCUT2D eigenvalue weighted by atomic mass is 16.5. The van der Waals surface area contributed by atoms with Crippen LogP contribution in [0.2, 0.25) is 0 Å². The van der Waals surface area contributed by atoms with E-state index in [-0.39, 0.29) is 5.91 Å². The summed E-state index contributed by atoms with van der Waals surface area (Å²) in [5.74, 6) is 0.0354. The van der Waals surface area contributed by atoms with Gasteiger partial charge in [0.25, 0.3) is 0 Å². The largest absolute Gasteiger partial charge is 0.383 e. The van der Waals surface area contributed by atoms with E-state index < -0.39 is 0 Å². The van der Waals surface area contributed by atoms with E-state index in [1.165, 1.54) is 0 Å². The van der Waals surface area contributed by atoms with Gasteiger partial charge < -0.3 is 9.64 Å². The molecule has 1 aromatic carbocycles. The van der Waals surface area contributed by atoms with Gasteiger partial charge in [0.2, 0.25) is 5.91 Å². The van der Waals surface area contributed by atoms with Crippen LogP contribution in [0.1, 0.15) is 6.92 Å². The van der Waals surface area contributed by atoms with E-state index in [0.29, 0.717) is 13.2 Å². The van der Waals surface area contributed by atoms with E-state index in [9.17, 15) is 4.79 Å². The molecule has 0 radical (unpaired) electrons. The van der Waals surface area contributed by atoms with Crippen molar-refractivity contribution in [1.29, 1.82) is 0 Å². The van der Waals surface area contributed by atoms with Crippen molar-refractivity contribution in [2.45, 2.75) is 6.92 Å². The Hall–Kier alpha value is -1.35. The number of carbonyl (C=O) groups is 1. The molecule has 1 amide bonds. The third-order valence-electron chi connectivity index (χ3n) is 1.97. The molecule has 0 spiro atoms. The first-order valence-corrected chi connectivity index (χ1v) is 4.58. The van der Waals surface area contributed by atoms with E-state index in [0.717, 1.165) is 5.69 Å². The number of hydrogen-bond donors (Lipinski definition) is 0. The topological polar surface area (TPSA) is 29.5 Å². The quantitative estimate of drug-likeness (QED) is 0.728. The Morgan fingerprint density at radius 2 is 2.00 bits per heavy atom. The number of nitrogens with zero attached hydrogens (tertiary/aromatic N) is 1. The number of amides is 1. The zero-order chi connectivity index (χ0) is 10.4. The van der Waals surface area contributed by atoms with Crippen LogP contribution in [-0.2, 0) is 9.53 Å². The molecule has 0 aliphatic rings. The summed E-state index contributed by atoms with van der Waals surface area (Å²) in [5.41, 5.74) is 0.914. The fourth-order valence-corrected chi connectivity index (χ4v) is 1.26. The molecular weight excluding hydrogens is 178 g/mol. The summed E-state index contributed by atoms with van der Waals surface area (Å²) < 4.78 is 4.95. The van der Waals surface area contributed by atoms with Crippen LogP contribution >= 0.6 is 0 Å². The number of anilines is 1. The molecule has 0 aliphatic carbocycles. The molecule has 0 atom stereocenters. The molecule has 1 rings (SSSR count). The minimum atomic E-state index is 0.0354. The monoisotopic (exact) mass is 193 g/mol. The van der Waals surface area contributed by atoms with Crippen LogP contribution in [0, 0.1) is 0 Å². The summed E-state index contributed by atoms with van der Waals surface area (Å²) in [6.07, 6.45) is 0. The van der Waals surface area contributed by atoms with E-state index in [2.05, 4.69) is 0 Å². The summed E-state index contributed by atoms with van der Waals surface area (Å²) in [7, 11) is 1.63. The second-order valence-electron chi connectivity index (χ2n) is 3.00. The number of methoxy groups -OCH3 is 1. The molecule has 3 nitrogen and oxygen atoms in total. The summed E-state index contributed by atoms with van der Waals surface area (Å²) in [6, 6.07) is 9.59. The highest BCUT2D eigenvalue weighted by Crippen LogP contribution is 2.12. The maximum absolute atomic E-state index is 11.3. The first kappa shape index (κ1) is 10.7. The maximum Gasteiger partial charge on any atom is 0.223 e. The van der Waals surface area contributed by atoms with Crippen LogP contribution in [0.4, 0.5) is 5.69 Å². The number of ether oxygens (including phenoxy) is 1. The molecule has 0 heterocycles. The number of carbonyl (C=O) groups excluding carboxylic acids is 1. The number of hydrogen-bond acceptors (Lipinski definition) is 2. The molecule has 76 valence electrons. The lowest BCUT2D eigenvalue weighted by molar-refractivity contribution is -0.116. The fourth-order valence-electron chi connectivity index (χ4n) is 1.26. The molecule has 0 saturated carbocycles. The first-order valence-electron chi connectivity index (χ1n) is 4.58. The highest BCUT2D eigenvalue weighted by molar-refractivity contribution is 5.91. The molecule has 0 N–H and O–H groups in total. The minimum absolute atomic E-state index is 0.0354. The summed E-state index contributed by atoms with van der Waals surface area (Å²) >= 11 is 0. The molecule has 0 bridgehead atoms. The number of rotatable bonds is 4. The molecule has 1 aromatic rings. The average Bonchev–Trinajstić information content (AvgIpc) is 2.19. The van der Waals surface area contributed by atoms with E-state index in [4.69, 9.17) is 4.74 Å². The van der Waals surface area contributed by atoms with Gasteiger partial charge in [0.15, 0.2) is 0 Å².